The highest BCUT2D eigenvalue weighted by molar-refractivity contribution is 7.88. The third-order valence-electron chi connectivity index (χ3n) is 5.22. The molecule has 0 radical (unpaired) electrons. The molecule has 0 N–H and O–H groups in total. The molecule has 2 aliphatic rings. The van der Waals surface area contributed by atoms with Crippen molar-refractivity contribution < 1.29 is 17.9 Å². The minimum atomic E-state index is -3.24. The van der Waals surface area contributed by atoms with Gasteiger partial charge in [-0.1, -0.05) is 12.1 Å². The monoisotopic (exact) mass is 366 g/mol. The van der Waals surface area contributed by atoms with Gasteiger partial charge in [-0.2, -0.15) is 0 Å². The van der Waals surface area contributed by atoms with E-state index >= 15 is 0 Å². The lowest BCUT2D eigenvalue weighted by atomic mass is 9.96. The van der Waals surface area contributed by atoms with Gasteiger partial charge in [0.1, 0.15) is 5.75 Å². The summed E-state index contributed by atoms with van der Waals surface area (Å²) < 4.78 is 30.4. The largest absolute Gasteiger partial charge is 0.497 e. The Hall–Kier alpha value is -1.60. The second-order valence-electron chi connectivity index (χ2n) is 6.93. The van der Waals surface area contributed by atoms with E-state index in [1.165, 1.54) is 10.6 Å². The first kappa shape index (κ1) is 18.2. The molecule has 0 aromatic heterocycles. The number of methoxy groups -OCH3 is 1. The predicted molar refractivity (Wildman–Crippen MR) is 95.8 cm³/mol. The van der Waals surface area contributed by atoms with Gasteiger partial charge in [0.25, 0.3) is 0 Å². The highest BCUT2D eigenvalue weighted by Gasteiger charge is 2.37. The van der Waals surface area contributed by atoms with E-state index in [2.05, 4.69) is 0 Å². The molecule has 0 bridgehead atoms. The number of benzene rings is 1. The molecule has 2 aliphatic heterocycles. The number of hydrogen-bond donors (Lipinski definition) is 0. The van der Waals surface area contributed by atoms with E-state index in [1.807, 2.05) is 29.2 Å². The Balaban J connectivity index is 1.76. The second kappa shape index (κ2) is 7.33. The third kappa shape index (κ3) is 3.98. The van der Waals surface area contributed by atoms with Crippen molar-refractivity contribution in [3.8, 4) is 5.75 Å². The maximum atomic E-state index is 13.1. The van der Waals surface area contributed by atoms with Crippen LogP contribution in [0.15, 0.2) is 24.3 Å². The van der Waals surface area contributed by atoms with Crippen LogP contribution < -0.4 is 4.74 Å². The predicted octanol–water partition coefficient (Wildman–Crippen LogP) is 2.03. The zero-order valence-electron chi connectivity index (χ0n) is 14.8. The SMILES string of the molecule is COc1cccc(C2CCCN2C(=O)C2CCCN(S(C)(=O)=O)C2)c1. The van der Waals surface area contributed by atoms with Crippen molar-refractivity contribution in [2.24, 2.45) is 5.92 Å². The van der Waals surface area contributed by atoms with Crippen molar-refractivity contribution in [2.75, 3.05) is 33.0 Å². The Labute approximate surface area is 149 Å². The molecule has 25 heavy (non-hydrogen) atoms. The van der Waals surface area contributed by atoms with Gasteiger partial charge < -0.3 is 9.64 Å². The fourth-order valence-corrected chi connectivity index (χ4v) is 4.82. The molecule has 0 spiro atoms. The van der Waals surface area contributed by atoms with Gasteiger partial charge in [0.05, 0.1) is 25.3 Å². The summed E-state index contributed by atoms with van der Waals surface area (Å²) in [6.45, 7) is 1.55. The van der Waals surface area contributed by atoms with E-state index in [0.717, 1.165) is 43.5 Å². The maximum absolute atomic E-state index is 13.1. The molecule has 138 valence electrons. The summed E-state index contributed by atoms with van der Waals surface area (Å²) >= 11 is 0. The summed E-state index contributed by atoms with van der Waals surface area (Å²) in [5.41, 5.74) is 1.08. The molecule has 3 rings (SSSR count). The summed E-state index contributed by atoms with van der Waals surface area (Å²) in [7, 11) is -1.61. The Kier molecular flexibility index (Phi) is 5.34. The first-order valence-electron chi connectivity index (χ1n) is 8.79. The number of nitrogens with zero attached hydrogens (tertiary/aromatic N) is 2. The molecule has 2 fully saturated rings. The van der Waals surface area contributed by atoms with Crippen molar-refractivity contribution in [1.82, 2.24) is 9.21 Å². The molecule has 2 heterocycles. The summed E-state index contributed by atoms with van der Waals surface area (Å²) in [5.74, 6) is 0.631. The smallest absolute Gasteiger partial charge is 0.227 e. The molecule has 0 aliphatic carbocycles. The topological polar surface area (TPSA) is 66.9 Å². The zero-order valence-corrected chi connectivity index (χ0v) is 15.7. The van der Waals surface area contributed by atoms with Crippen molar-refractivity contribution in [1.29, 1.82) is 0 Å². The van der Waals surface area contributed by atoms with Crippen molar-refractivity contribution >= 4 is 15.9 Å². The molecular formula is C18H26N2O4S. The normalized spacial score (nSPS) is 25.1. The number of carbonyl (C=O) groups excluding carboxylic acids is 1. The second-order valence-corrected chi connectivity index (χ2v) is 8.91. The molecule has 1 aromatic carbocycles. The fraction of sp³-hybridized carbons (Fsp3) is 0.611. The molecular weight excluding hydrogens is 340 g/mol. The van der Waals surface area contributed by atoms with Crippen LogP contribution >= 0.6 is 0 Å². The lowest BCUT2D eigenvalue weighted by Gasteiger charge is -2.34. The van der Waals surface area contributed by atoms with E-state index < -0.39 is 10.0 Å². The van der Waals surface area contributed by atoms with E-state index in [9.17, 15) is 13.2 Å². The van der Waals surface area contributed by atoms with Crippen LogP contribution in [0.4, 0.5) is 0 Å². The highest BCUT2D eigenvalue weighted by Crippen LogP contribution is 2.35. The average molecular weight is 366 g/mol. The van der Waals surface area contributed by atoms with Crippen LogP contribution in [0, 0.1) is 5.92 Å². The van der Waals surface area contributed by atoms with Crippen LogP contribution in [-0.2, 0) is 14.8 Å². The first-order chi connectivity index (χ1) is 11.9. The van der Waals surface area contributed by atoms with Gasteiger partial charge in [-0.15, -0.1) is 0 Å². The number of ether oxygens (including phenoxy) is 1. The van der Waals surface area contributed by atoms with Crippen molar-refractivity contribution in [3.63, 3.8) is 0 Å². The van der Waals surface area contributed by atoms with Crippen LogP contribution in [0.5, 0.6) is 5.75 Å². The van der Waals surface area contributed by atoms with Crippen molar-refractivity contribution in [2.45, 2.75) is 31.7 Å². The quantitative estimate of drug-likeness (QED) is 0.818. The molecule has 6 nitrogen and oxygen atoms in total. The van der Waals surface area contributed by atoms with E-state index in [-0.39, 0.29) is 17.9 Å². The molecule has 2 saturated heterocycles. The molecule has 2 unspecified atom stereocenters. The van der Waals surface area contributed by atoms with Gasteiger partial charge in [-0.05, 0) is 43.4 Å². The molecule has 1 amide bonds. The Morgan fingerprint density at radius 2 is 1.96 bits per heavy atom. The fourth-order valence-electron chi connectivity index (χ4n) is 3.91. The number of likely N-dealkylation sites (tertiary alicyclic amines) is 1. The molecule has 2 atom stereocenters. The Morgan fingerprint density at radius 1 is 1.20 bits per heavy atom. The Morgan fingerprint density at radius 3 is 2.68 bits per heavy atom. The molecule has 0 saturated carbocycles. The number of hydrogen-bond acceptors (Lipinski definition) is 4. The maximum Gasteiger partial charge on any atom is 0.227 e. The molecule has 1 aromatic rings. The van der Waals surface area contributed by atoms with Gasteiger partial charge in [0.2, 0.25) is 15.9 Å². The highest BCUT2D eigenvalue weighted by atomic mass is 32.2. The Bertz CT molecular complexity index is 734. The number of rotatable bonds is 4. The van der Waals surface area contributed by atoms with E-state index in [0.29, 0.717) is 13.1 Å². The summed E-state index contributed by atoms with van der Waals surface area (Å²) in [6, 6.07) is 7.91. The van der Waals surface area contributed by atoms with Crippen LogP contribution in [0.2, 0.25) is 0 Å². The van der Waals surface area contributed by atoms with Gasteiger partial charge in [0, 0.05) is 19.6 Å². The zero-order chi connectivity index (χ0) is 18.0. The average Bonchev–Trinajstić information content (AvgIpc) is 3.10. The third-order valence-corrected chi connectivity index (χ3v) is 6.49. The van der Waals surface area contributed by atoms with Crippen LogP contribution in [0.1, 0.15) is 37.3 Å². The van der Waals surface area contributed by atoms with Gasteiger partial charge in [0.15, 0.2) is 0 Å². The number of carbonyl (C=O) groups is 1. The number of piperidine rings is 1. The molecule has 7 heteroatoms. The van der Waals surface area contributed by atoms with Gasteiger partial charge in [-0.3, -0.25) is 4.79 Å². The standard InChI is InChI=1S/C18H26N2O4S/c1-24-16-8-3-6-14(12-16)17-9-5-11-20(17)18(21)15-7-4-10-19(13-15)25(2,22)23/h3,6,8,12,15,17H,4-5,7,9-11,13H2,1-2H3. The van der Waals surface area contributed by atoms with Gasteiger partial charge in [-0.25, -0.2) is 12.7 Å². The summed E-state index contributed by atoms with van der Waals surface area (Å²) in [5, 5.41) is 0. The summed E-state index contributed by atoms with van der Waals surface area (Å²) in [6.07, 6.45) is 4.61. The lowest BCUT2D eigenvalue weighted by Crippen LogP contribution is -2.46. The minimum absolute atomic E-state index is 0.0520. The van der Waals surface area contributed by atoms with Crippen molar-refractivity contribution in [3.05, 3.63) is 29.8 Å². The van der Waals surface area contributed by atoms with E-state index in [1.54, 1.807) is 7.11 Å². The minimum Gasteiger partial charge on any atom is -0.497 e. The van der Waals surface area contributed by atoms with Gasteiger partial charge >= 0.3 is 0 Å². The van der Waals surface area contributed by atoms with Crippen LogP contribution in [0.25, 0.3) is 0 Å². The first-order valence-corrected chi connectivity index (χ1v) is 10.6. The lowest BCUT2D eigenvalue weighted by molar-refractivity contribution is -0.137. The number of amides is 1. The number of sulfonamides is 1. The van der Waals surface area contributed by atoms with Crippen LogP contribution in [-0.4, -0.2) is 56.5 Å². The summed E-state index contributed by atoms with van der Waals surface area (Å²) in [4.78, 5) is 15.0. The van der Waals surface area contributed by atoms with Crippen LogP contribution in [0.3, 0.4) is 0 Å². The van der Waals surface area contributed by atoms with E-state index in [4.69, 9.17) is 4.74 Å².